The third-order valence-corrected chi connectivity index (χ3v) is 3.28. The Morgan fingerprint density at radius 3 is 2.28 bits per heavy atom. The van der Waals surface area contributed by atoms with E-state index in [1.807, 2.05) is 0 Å². The van der Waals surface area contributed by atoms with E-state index in [4.69, 9.17) is 10.3 Å². The second-order valence-corrected chi connectivity index (χ2v) is 4.56. The van der Waals surface area contributed by atoms with Crippen LogP contribution >= 0.6 is 0 Å². The highest BCUT2D eigenvalue weighted by Crippen LogP contribution is 2.31. The average molecular weight is 258 g/mol. The number of hydrogen-bond acceptors (Lipinski definition) is 4. The van der Waals surface area contributed by atoms with Crippen LogP contribution in [-0.4, -0.2) is 46.6 Å². The van der Waals surface area contributed by atoms with Crippen molar-refractivity contribution in [3.05, 3.63) is 0 Å². The number of carboxylic acid groups (broad SMARTS) is 1. The van der Waals surface area contributed by atoms with Gasteiger partial charge in [0.05, 0.1) is 11.8 Å². The van der Waals surface area contributed by atoms with Crippen LogP contribution in [0.25, 0.3) is 0 Å². The van der Waals surface area contributed by atoms with Gasteiger partial charge in [-0.2, -0.15) is 0 Å². The number of nitrogens with zero attached hydrogens (tertiary/aromatic N) is 1. The number of carboxylic acids is 1. The SMILES string of the molecule is CN(CC(=O)NO)C(=O)[C@@H]1CCCC[C@H]1C(=O)O. The minimum absolute atomic E-state index is 0.280. The van der Waals surface area contributed by atoms with Crippen LogP contribution in [-0.2, 0) is 14.4 Å². The Kier molecular flexibility index (Phi) is 5.08. The average Bonchev–Trinajstić information content (AvgIpc) is 2.37. The molecular weight excluding hydrogens is 240 g/mol. The van der Waals surface area contributed by atoms with Gasteiger partial charge in [-0.1, -0.05) is 12.8 Å². The number of amides is 2. The molecule has 0 spiro atoms. The molecule has 102 valence electrons. The van der Waals surface area contributed by atoms with Crippen LogP contribution in [0.15, 0.2) is 0 Å². The quantitative estimate of drug-likeness (QED) is 0.480. The van der Waals surface area contributed by atoms with Gasteiger partial charge >= 0.3 is 5.97 Å². The second-order valence-electron chi connectivity index (χ2n) is 4.56. The van der Waals surface area contributed by atoms with Crippen molar-refractivity contribution < 1.29 is 24.7 Å². The highest BCUT2D eigenvalue weighted by molar-refractivity contribution is 5.88. The smallest absolute Gasteiger partial charge is 0.307 e. The minimum Gasteiger partial charge on any atom is -0.481 e. The number of nitrogens with one attached hydrogen (secondary N) is 1. The highest BCUT2D eigenvalue weighted by Gasteiger charge is 2.37. The molecule has 1 saturated carbocycles. The lowest BCUT2D eigenvalue weighted by Gasteiger charge is -2.30. The maximum atomic E-state index is 12.1. The monoisotopic (exact) mass is 258 g/mol. The molecule has 1 aliphatic rings. The molecule has 1 rings (SSSR count). The molecule has 2 atom stereocenters. The van der Waals surface area contributed by atoms with Crippen LogP contribution < -0.4 is 5.48 Å². The Morgan fingerprint density at radius 2 is 1.78 bits per heavy atom. The Bertz CT molecular complexity index is 344. The zero-order valence-electron chi connectivity index (χ0n) is 10.3. The molecule has 0 heterocycles. The van der Waals surface area contributed by atoms with Crippen molar-refractivity contribution in [2.45, 2.75) is 25.7 Å². The van der Waals surface area contributed by atoms with E-state index in [1.54, 1.807) is 0 Å². The number of carbonyl (C=O) groups is 3. The van der Waals surface area contributed by atoms with Crippen molar-refractivity contribution in [3.8, 4) is 0 Å². The molecular formula is C11H18N2O5. The largest absolute Gasteiger partial charge is 0.481 e. The van der Waals surface area contributed by atoms with E-state index in [9.17, 15) is 14.4 Å². The molecule has 0 saturated heterocycles. The predicted molar refractivity (Wildman–Crippen MR) is 60.7 cm³/mol. The van der Waals surface area contributed by atoms with Crippen molar-refractivity contribution in [3.63, 3.8) is 0 Å². The van der Waals surface area contributed by atoms with Crippen LogP contribution in [0.4, 0.5) is 0 Å². The lowest BCUT2D eigenvalue weighted by Crippen LogP contribution is -2.44. The van der Waals surface area contributed by atoms with Crippen molar-refractivity contribution in [2.75, 3.05) is 13.6 Å². The van der Waals surface area contributed by atoms with Crippen LogP contribution in [0.3, 0.4) is 0 Å². The van der Waals surface area contributed by atoms with E-state index < -0.39 is 23.7 Å². The summed E-state index contributed by atoms with van der Waals surface area (Å²) in [5.41, 5.74) is 1.44. The van der Waals surface area contributed by atoms with Gasteiger partial charge in [0.25, 0.3) is 5.91 Å². The van der Waals surface area contributed by atoms with Gasteiger partial charge in [-0.3, -0.25) is 19.6 Å². The first-order valence-electron chi connectivity index (χ1n) is 5.88. The first-order valence-corrected chi connectivity index (χ1v) is 5.88. The number of likely N-dealkylation sites (N-methyl/N-ethyl adjacent to an activating group) is 1. The molecule has 0 aromatic carbocycles. The summed E-state index contributed by atoms with van der Waals surface area (Å²) in [6.45, 7) is -0.280. The number of hydrogen-bond donors (Lipinski definition) is 3. The van der Waals surface area contributed by atoms with Crippen LogP contribution in [0.2, 0.25) is 0 Å². The first kappa shape index (κ1) is 14.4. The summed E-state index contributed by atoms with van der Waals surface area (Å²) in [4.78, 5) is 35.2. The topological polar surface area (TPSA) is 107 Å². The van der Waals surface area contributed by atoms with Crippen LogP contribution in [0, 0.1) is 11.8 Å². The van der Waals surface area contributed by atoms with Crippen molar-refractivity contribution >= 4 is 17.8 Å². The van der Waals surface area contributed by atoms with Gasteiger partial charge in [0.2, 0.25) is 5.91 Å². The lowest BCUT2D eigenvalue weighted by molar-refractivity contribution is -0.152. The van der Waals surface area contributed by atoms with E-state index in [0.29, 0.717) is 12.8 Å². The van der Waals surface area contributed by atoms with E-state index >= 15 is 0 Å². The molecule has 1 aliphatic carbocycles. The fourth-order valence-corrected chi connectivity index (χ4v) is 2.33. The molecule has 7 heteroatoms. The maximum absolute atomic E-state index is 12.1. The van der Waals surface area contributed by atoms with Crippen molar-refractivity contribution in [1.82, 2.24) is 10.4 Å². The van der Waals surface area contributed by atoms with E-state index in [-0.39, 0.29) is 12.5 Å². The second kappa shape index (κ2) is 6.34. The third-order valence-electron chi connectivity index (χ3n) is 3.28. The van der Waals surface area contributed by atoms with Gasteiger partial charge in [-0.05, 0) is 12.8 Å². The van der Waals surface area contributed by atoms with Gasteiger partial charge in [0.1, 0.15) is 6.54 Å². The molecule has 0 unspecified atom stereocenters. The van der Waals surface area contributed by atoms with E-state index in [2.05, 4.69) is 0 Å². The van der Waals surface area contributed by atoms with E-state index in [1.165, 1.54) is 12.5 Å². The summed E-state index contributed by atoms with van der Waals surface area (Å²) in [7, 11) is 1.42. The molecule has 1 fully saturated rings. The first-order chi connectivity index (χ1) is 8.47. The number of aliphatic carboxylic acids is 1. The van der Waals surface area contributed by atoms with E-state index in [0.717, 1.165) is 17.7 Å². The third kappa shape index (κ3) is 3.43. The molecule has 0 radical (unpaired) electrons. The van der Waals surface area contributed by atoms with Gasteiger partial charge in [-0.15, -0.1) is 0 Å². The van der Waals surface area contributed by atoms with Gasteiger partial charge < -0.3 is 10.0 Å². The number of carbonyl (C=O) groups excluding carboxylic acids is 2. The molecule has 0 aromatic heterocycles. The Labute approximate surface area is 105 Å². The molecule has 18 heavy (non-hydrogen) atoms. The minimum atomic E-state index is -0.965. The molecule has 2 amide bonds. The molecule has 0 aliphatic heterocycles. The van der Waals surface area contributed by atoms with Crippen molar-refractivity contribution in [2.24, 2.45) is 11.8 Å². The summed E-state index contributed by atoms with van der Waals surface area (Å²) in [5.74, 6) is -3.27. The summed E-state index contributed by atoms with van der Waals surface area (Å²) in [5, 5.41) is 17.5. The summed E-state index contributed by atoms with van der Waals surface area (Å²) >= 11 is 0. The molecule has 3 N–H and O–H groups in total. The lowest BCUT2D eigenvalue weighted by atomic mass is 9.78. The van der Waals surface area contributed by atoms with Crippen LogP contribution in [0.1, 0.15) is 25.7 Å². The fourth-order valence-electron chi connectivity index (χ4n) is 2.33. The Balaban J connectivity index is 2.68. The number of hydroxylamine groups is 1. The Hall–Kier alpha value is -1.63. The van der Waals surface area contributed by atoms with Crippen molar-refractivity contribution in [1.29, 1.82) is 0 Å². The summed E-state index contributed by atoms with van der Waals surface area (Å²) in [6.07, 6.45) is 2.65. The van der Waals surface area contributed by atoms with Gasteiger partial charge in [0.15, 0.2) is 0 Å². The predicted octanol–water partition coefficient (Wildman–Crippen LogP) is -0.159. The molecule has 0 bridgehead atoms. The maximum Gasteiger partial charge on any atom is 0.307 e. The molecule has 0 aromatic rings. The normalized spacial score (nSPS) is 23.2. The standard InChI is InChI=1S/C11H18N2O5/c1-13(6-9(14)12-18)10(15)7-4-2-3-5-8(7)11(16)17/h7-8,18H,2-6H2,1H3,(H,12,14)(H,16,17)/t7-,8-/m1/s1. The van der Waals surface area contributed by atoms with Gasteiger partial charge in [0, 0.05) is 7.05 Å². The summed E-state index contributed by atoms with van der Waals surface area (Å²) < 4.78 is 0. The summed E-state index contributed by atoms with van der Waals surface area (Å²) in [6, 6.07) is 0. The Morgan fingerprint density at radius 1 is 1.22 bits per heavy atom. The molecule has 7 nitrogen and oxygen atoms in total. The zero-order valence-corrected chi connectivity index (χ0v) is 10.3. The van der Waals surface area contributed by atoms with Gasteiger partial charge in [-0.25, -0.2) is 5.48 Å². The highest BCUT2D eigenvalue weighted by atomic mass is 16.5. The fraction of sp³-hybridized carbons (Fsp3) is 0.727. The zero-order chi connectivity index (χ0) is 13.7. The number of rotatable bonds is 4. The van der Waals surface area contributed by atoms with Crippen LogP contribution in [0.5, 0.6) is 0 Å².